The predicted molar refractivity (Wildman–Crippen MR) is 102 cm³/mol. The third-order valence-corrected chi connectivity index (χ3v) is 4.83. The average Bonchev–Trinajstić information content (AvgIpc) is 2.67. The number of aryl methyl sites for hydroxylation is 1. The molecule has 1 aliphatic rings. The summed E-state index contributed by atoms with van der Waals surface area (Å²) in [5, 5.41) is 0. The van der Waals surface area contributed by atoms with Crippen LogP contribution in [0.4, 0.5) is 0 Å². The van der Waals surface area contributed by atoms with E-state index in [-0.39, 0.29) is 5.91 Å². The predicted octanol–water partition coefficient (Wildman–Crippen LogP) is 3.89. The first-order valence-corrected chi connectivity index (χ1v) is 8.79. The van der Waals surface area contributed by atoms with Crippen LogP contribution in [0.2, 0.25) is 0 Å². The highest BCUT2D eigenvalue weighted by atomic mass is 16.5. The number of nitrogens with zero attached hydrogens (tertiary/aromatic N) is 1. The van der Waals surface area contributed by atoms with Crippen molar-refractivity contribution in [3.05, 3.63) is 70.8 Å². The lowest BCUT2D eigenvalue weighted by Crippen LogP contribution is -2.35. The van der Waals surface area contributed by atoms with E-state index in [1.807, 2.05) is 48.2 Å². The maximum atomic E-state index is 11.8. The number of amides is 1. The summed E-state index contributed by atoms with van der Waals surface area (Å²) in [6.45, 7) is 5.20. The van der Waals surface area contributed by atoms with E-state index in [0.29, 0.717) is 31.0 Å². The largest absolute Gasteiger partial charge is 0.488 e. The molecule has 0 fully saturated rings. The van der Waals surface area contributed by atoms with Crippen LogP contribution in [0.15, 0.2) is 54.1 Å². The molecular formula is C22H23NO3. The lowest BCUT2D eigenvalue weighted by atomic mass is 9.94. The van der Waals surface area contributed by atoms with E-state index in [2.05, 4.69) is 12.1 Å². The van der Waals surface area contributed by atoms with Gasteiger partial charge in [-0.3, -0.25) is 9.59 Å². The van der Waals surface area contributed by atoms with Crippen LogP contribution in [-0.4, -0.2) is 36.8 Å². The van der Waals surface area contributed by atoms with Crippen LogP contribution in [0.3, 0.4) is 0 Å². The number of rotatable bonds is 5. The maximum Gasteiger partial charge on any atom is 0.219 e. The van der Waals surface area contributed by atoms with E-state index >= 15 is 0 Å². The van der Waals surface area contributed by atoms with E-state index in [1.54, 1.807) is 6.92 Å². The van der Waals surface area contributed by atoms with Crippen molar-refractivity contribution in [3.63, 3.8) is 0 Å². The molecule has 0 saturated heterocycles. The van der Waals surface area contributed by atoms with Crippen molar-refractivity contribution in [3.8, 4) is 5.75 Å². The molecule has 0 saturated carbocycles. The lowest BCUT2D eigenvalue weighted by molar-refractivity contribution is -0.128. The minimum atomic E-state index is 0.0836. The number of carbonyl (C=O) groups is 2. The fourth-order valence-electron chi connectivity index (χ4n) is 3.26. The normalized spacial score (nSPS) is 14.3. The number of hydrogen-bond acceptors (Lipinski definition) is 3. The van der Waals surface area contributed by atoms with E-state index in [9.17, 15) is 9.59 Å². The first-order valence-electron chi connectivity index (χ1n) is 8.79. The monoisotopic (exact) mass is 349 g/mol. The molecule has 0 spiro atoms. The number of aldehydes is 1. The second kappa shape index (κ2) is 8.00. The Labute approximate surface area is 154 Å². The van der Waals surface area contributed by atoms with E-state index in [4.69, 9.17) is 4.74 Å². The van der Waals surface area contributed by atoms with Gasteiger partial charge in [0.15, 0.2) is 6.29 Å². The molecule has 1 aliphatic heterocycles. The number of carbonyl (C=O) groups excluding carboxylic acids is 2. The minimum absolute atomic E-state index is 0.0836. The van der Waals surface area contributed by atoms with Gasteiger partial charge in [0.2, 0.25) is 5.91 Å². The van der Waals surface area contributed by atoms with Gasteiger partial charge in [-0.25, -0.2) is 0 Å². The van der Waals surface area contributed by atoms with Crippen molar-refractivity contribution in [1.82, 2.24) is 4.90 Å². The molecule has 0 radical (unpaired) electrons. The van der Waals surface area contributed by atoms with Gasteiger partial charge >= 0.3 is 0 Å². The fourth-order valence-corrected chi connectivity index (χ4v) is 3.26. The Morgan fingerprint density at radius 2 is 1.92 bits per heavy atom. The van der Waals surface area contributed by atoms with Crippen LogP contribution < -0.4 is 4.74 Å². The van der Waals surface area contributed by atoms with E-state index in [1.165, 1.54) is 5.57 Å². The average molecular weight is 349 g/mol. The summed E-state index contributed by atoms with van der Waals surface area (Å²) in [5.74, 6) is 0.689. The standard InChI is InChI=1S/C22H23NO3/c1-16-7-6-10-22(21(16)14-24)26-15-19-11-12-23(17(2)25)13-20(19)18-8-4-3-5-9-18/h3-10,14H,11-13,15H2,1-2H3. The number of hydrogen-bond donors (Lipinski definition) is 0. The van der Waals surface area contributed by atoms with Crippen LogP contribution in [0, 0.1) is 6.92 Å². The highest BCUT2D eigenvalue weighted by Crippen LogP contribution is 2.28. The van der Waals surface area contributed by atoms with Gasteiger partial charge in [0, 0.05) is 20.0 Å². The van der Waals surface area contributed by atoms with E-state index < -0.39 is 0 Å². The highest BCUT2D eigenvalue weighted by Gasteiger charge is 2.22. The molecule has 0 atom stereocenters. The summed E-state index contributed by atoms with van der Waals surface area (Å²) in [6, 6.07) is 15.7. The van der Waals surface area contributed by atoms with Crippen LogP contribution in [0.1, 0.15) is 34.8 Å². The molecule has 1 heterocycles. The van der Waals surface area contributed by atoms with E-state index in [0.717, 1.165) is 29.4 Å². The fraction of sp³-hybridized carbons (Fsp3) is 0.273. The van der Waals surface area contributed by atoms with Crippen LogP contribution in [0.25, 0.3) is 5.57 Å². The molecule has 0 aromatic heterocycles. The zero-order valence-electron chi connectivity index (χ0n) is 15.2. The summed E-state index contributed by atoms with van der Waals surface area (Å²) in [6.07, 6.45) is 1.61. The smallest absolute Gasteiger partial charge is 0.219 e. The second-order valence-corrected chi connectivity index (χ2v) is 6.53. The summed E-state index contributed by atoms with van der Waals surface area (Å²) >= 11 is 0. The highest BCUT2D eigenvalue weighted by molar-refractivity contribution is 5.82. The zero-order valence-corrected chi connectivity index (χ0v) is 15.2. The maximum absolute atomic E-state index is 11.8. The molecule has 3 rings (SSSR count). The van der Waals surface area contributed by atoms with Crippen LogP contribution in [-0.2, 0) is 4.79 Å². The minimum Gasteiger partial charge on any atom is -0.488 e. The zero-order chi connectivity index (χ0) is 18.5. The molecule has 0 bridgehead atoms. The summed E-state index contributed by atoms with van der Waals surface area (Å²) in [7, 11) is 0. The lowest BCUT2D eigenvalue weighted by Gasteiger charge is -2.30. The first-order chi connectivity index (χ1) is 12.6. The molecule has 4 nitrogen and oxygen atoms in total. The molecule has 134 valence electrons. The van der Waals surface area contributed by atoms with Gasteiger partial charge in [-0.15, -0.1) is 0 Å². The Bertz CT molecular complexity index is 840. The molecule has 0 aliphatic carbocycles. The van der Waals surface area contributed by atoms with Crippen molar-refractivity contribution in [2.45, 2.75) is 20.3 Å². The Morgan fingerprint density at radius 1 is 1.15 bits per heavy atom. The van der Waals surface area contributed by atoms with Crippen molar-refractivity contribution in [1.29, 1.82) is 0 Å². The summed E-state index contributed by atoms with van der Waals surface area (Å²) in [4.78, 5) is 25.0. The summed E-state index contributed by atoms with van der Waals surface area (Å²) < 4.78 is 6.00. The molecule has 4 heteroatoms. The van der Waals surface area contributed by atoms with Crippen molar-refractivity contribution in [2.75, 3.05) is 19.7 Å². The third-order valence-electron chi connectivity index (χ3n) is 4.83. The molecule has 0 N–H and O–H groups in total. The van der Waals surface area contributed by atoms with Gasteiger partial charge in [-0.2, -0.15) is 0 Å². The molecule has 1 amide bonds. The van der Waals surface area contributed by atoms with Crippen LogP contribution >= 0.6 is 0 Å². The van der Waals surface area contributed by atoms with Gasteiger partial charge in [0.25, 0.3) is 0 Å². The molecule has 2 aromatic rings. The topological polar surface area (TPSA) is 46.6 Å². The van der Waals surface area contributed by atoms with Crippen molar-refractivity contribution in [2.24, 2.45) is 0 Å². The summed E-state index contributed by atoms with van der Waals surface area (Å²) in [5.41, 5.74) is 4.91. The second-order valence-electron chi connectivity index (χ2n) is 6.53. The number of benzene rings is 2. The molecular weight excluding hydrogens is 326 g/mol. The van der Waals surface area contributed by atoms with Gasteiger partial charge in [-0.05, 0) is 41.7 Å². The Hall–Kier alpha value is -2.88. The molecule has 0 unspecified atom stereocenters. The Balaban J connectivity index is 1.89. The third kappa shape index (κ3) is 3.85. The first kappa shape index (κ1) is 17.9. The molecule has 26 heavy (non-hydrogen) atoms. The van der Waals surface area contributed by atoms with Gasteiger partial charge in [0.05, 0.1) is 5.56 Å². The Kier molecular flexibility index (Phi) is 5.52. The Morgan fingerprint density at radius 3 is 2.62 bits per heavy atom. The van der Waals surface area contributed by atoms with Crippen LogP contribution in [0.5, 0.6) is 5.75 Å². The van der Waals surface area contributed by atoms with Gasteiger partial charge in [0.1, 0.15) is 12.4 Å². The van der Waals surface area contributed by atoms with Crippen molar-refractivity contribution < 1.29 is 14.3 Å². The quantitative estimate of drug-likeness (QED) is 0.769. The SMILES string of the molecule is CC(=O)N1CCC(COc2cccc(C)c2C=O)=C(c2ccccc2)C1. The molecule has 2 aromatic carbocycles. The number of ether oxygens (including phenoxy) is 1. The van der Waals surface area contributed by atoms with Gasteiger partial charge < -0.3 is 9.64 Å². The van der Waals surface area contributed by atoms with Gasteiger partial charge in [-0.1, -0.05) is 42.5 Å². The van der Waals surface area contributed by atoms with Crippen molar-refractivity contribution >= 4 is 17.8 Å².